The summed E-state index contributed by atoms with van der Waals surface area (Å²) >= 11 is 0. The quantitative estimate of drug-likeness (QED) is 0.654. The van der Waals surface area contributed by atoms with Gasteiger partial charge in [-0.15, -0.1) is 0 Å². The van der Waals surface area contributed by atoms with Crippen molar-refractivity contribution in [1.82, 2.24) is 5.32 Å². The van der Waals surface area contributed by atoms with Gasteiger partial charge in [0, 0.05) is 12.6 Å². The molecule has 0 heterocycles. The molecule has 3 nitrogen and oxygen atoms in total. The molecule has 86 valence electrons. The molecule has 1 aliphatic rings. The summed E-state index contributed by atoms with van der Waals surface area (Å²) in [6.45, 7) is 7.51. The molecule has 0 radical (unpaired) electrons. The van der Waals surface area contributed by atoms with Gasteiger partial charge in [-0.25, -0.2) is 0 Å². The molecule has 0 aromatic rings. The zero-order valence-electron chi connectivity index (χ0n) is 10.0. The number of nitrogens with zero attached hydrogens (tertiary/aromatic N) is 1. The molecule has 1 rings (SSSR count). The Kier molecular flexibility index (Phi) is 4.56. The van der Waals surface area contributed by atoms with Crippen LogP contribution in [-0.2, 0) is 4.74 Å². The minimum atomic E-state index is -0.441. The molecule has 0 aromatic carbocycles. The second-order valence-corrected chi connectivity index (χ2v) is 4.71. The van der Waals surface area contributed by atoms with Crippen molar-refractivity contribution in [2.75, 3.05) is 13.2 Å². The Morgan fingerprint density at radius 1 is 1.53 bits per heavy atom. The fraction of sp³-hybridized carbons (Fsp3) is 0.917. The molecule has 0 saturated heterocycles. The SMILES string of the molecule is CCCOCC(C#N)(NC(C)C)C1CC1. The maximum Gasteiger partial charge on any atom is 0.133 e. The summed E-state index contributed by atoms with van der Waals surface area (Å²) in [4.78, 5) is 0. The van der Waals surface area contributed by atoms with E-state index in [0.717, 1.165) is 25.9 Å². The van der Waals surface area contributed by atoms with Crippen molar-refractivity contribution in [2.24, 2.45) is 5.92 Å². The van der Waals surface area contributed by atoms with Crippen LogP contribution in [0.1, 0.15) is 40.0 Å². The van der Waals surface area contributed by atoms with E-state index >= 15 is 0 Å². The van der Waals surface area contributed by atoms with Gasteiger partial charge >= 0.3 is 0 Å². The normalized spacial score (nSPS) is 19.9. The lowest BCUT2D eigenvalue weighted by Gasteiger charge is -2.30. The predicted octanol–water partition coefficient (Wildman–Crippen LogP) is 2.08. The molecule has 1 aliphatic carbocycles. The fourth-order valence-corrected chi connectivity index (χ4v) is 1.90. The lowest BCUT2D eigenvalue weighted by atomic mass is 9.95. The number of hydrogen-bond acceptors (Lipinski definition) is 3. The van der Waals surface area contributed by atoms with Gasteiger partial charge in [-0.05, 0) is 39.0 Å². The van der Waals surface area contributed by atoms with E-state index in [1.165, 1.54) is 0 Å². The van der Waals surface area contributed by atoms with Crippen LogP contribution in [0.15, 0.2) is 0 Å². The van der Waals surface area contributed by atoms with E-state index in [9.17, 15) is 5.26 Å². The lowest BCUT2D eigenvalue weighted by Crippen LogP contribution is -2.53. The first-order chi connectivity index (χ1) is 7.14. The minimum Gasteiger partial charge on any atom is -0.378 e. The summed E-state index contributed by atoms with van der Waals surface area (Å²) < 4.78 is 5.56. The molecular formula is C12H22N2O. The third-order valence-electron chi connectivity index (χ3n) is 2.70. The van der Waals surface area contributed by atoms with Crippen LogP contribution in [0.3, 0.4) is 0 Å². The Bertz CT molecular complexity index is 230. The van der Waals surface area contributed by atoms with Crippen molar-refractivity contribution >= 4 is 0 Å². The average molecular weight is 210 g/mol. The van der Waals surface area contributed by atoms with Gasteiger partial charge in [0.2, 0.25) is 0 Å². The summed E-state index contributed by atoms with van der Waals surface area (Å²) in [5.74, 6) is 0.488. The zero-order valence-corrected chi connectivity index (χ0v) is 10.0. The molecular weight excluding hydrogens is 188 g/mol. The molecule has 0 bridgehead atoms. The van der Waals surface area contributed by atoms with Crippen molar-refractivity contribution in [3.8, 4) is 6.07 Å². The molecule has 1 saturated carbocycles. The van der Waals surface area contributed by atoms with Crippen LogP contribution < -0.4 is 5.32 Å². The second-order valence-electron chi connectivity index (χ2n) is 4.71. The van der Waals surface area contributed by atoms with Gasteiger partial charge in [-0.3, -0.25) is 5.32 Å². The topological polar surface area (TPSA) is 45.0 Å². The Labute approximate surface area is 92.8 Å². The molecule has 1 N–H and O–H groups in total. The molecule has 0 aliphatic heterocycles. The number of rotatable bonds is 7. The lowest BCUT2D eigenvalue weighted by molar-refractivity contribution is 0.0776. The molecule has 1 atom stereocenters. The highest BCUT2D eigenvalue weighted by Crippen LogP contribution is 2.40. The molecule has 0 aromatic heterocycles. The van der Waals surface area contributed by atoms with Gasteiger partial charge in [0.1, 0.15) is 5.54 Å². The highest BCUT2D eigenvalue weighted by Gasteiger charge is 2.46. The Morgan fingerprint density at radius 2 is 2.20 bits per heavy atom. The predicted molar refractivity (Wildman–Crippen MR) is 60.4 cm³/mol. The Morgan fingerprint density at radius 3 is 2.60 bits per heavy atom. The molecule has 3 heteroatoms. The van der Waals surface area contributed by atoms with Crippen molar-refractivity contribution in [3.05, 3.63) is 0 Å². The van der Waals surface area contributed by atoms with Crippen LogP contribution in [0, 0.1) is 17.2 Å². The maximum atomic E-state index is 9.34. The van der Waals surface area contributed by atoms with E-state index in [0.29, 0.717) is 18.6 Å². The highest BCUT2D eigenvalue weighted by atomic mass is 16.5. The van der Waals surface area contributed by atoms with Gasteiger partial charge in [0.25, 0.3) is 0 Å². The largest absolute Gasteiger partial charge is 0.378 e. The van der Waals surface area contributed by atoms with Gasteiger partial charge in [0.05, 0.1) is 12.7 Å². The van der Waals surface area contributed by atoms with E-state index in [2.05, 4.69) is 32.2 Å². The fourth-order valence-electron chi connectivity index (χ4n) is 1.90. The van der Waals surface area contributed by atoms with Crippen LogP contribution >= 0.6 is 0 Å². The van der Waals surface area contributed by atoms with Gasteiger partial charge < -0.3 is 4.74 Å². The zero-order chi connectivity index (χ0) is 11.3. The summed E-state index contributed by atoms with van der Waals surface area (Å²) in [6.07, 6.45) is 3.32. The van der Waals surface area contributed by atoms with Crippen molar-refractivity contribution in [1.29, 1.82) is 5.26 Å². The summed E-state index contributed by atoms with van der Waals surface area (Å²) in [5, 5.41) is 12.7. The van der Waals surface area contributed by atoms with Crippen LogP contribution in [-0.4, -0.2) is 24.8 Å². The number of nitrogens with one attached hydrogen (secondary N) is 1. The monoisotopic (exact) mass is 210 g/mol. The van der Waals surface area contributed by atoms with Gasteiger partial charge in [-0.2, -0.15) is 5.26 Å². The van der Waals surface area contributed by atoms with Crippen LogP contribution in [0.25, 0.3) is 0 Å². The number of hydrogen-bond donors (Lipinski definition) is 1. The molecule has 0 amide bonds. The third kappa shape index (κ3) is 3.48. The van der Waals surface area contributed by atoms with Crippen LogP contribution in [0.5, 0.6) is 0 Å². The first kappa shape index (κ1) is 12.5. The Balaban J connectivity index is 2.54. The Hall–Kier alpha value is -0.590. The molecule has 1 unspecified atom stereocenters. The van der Waals surface area contributed by atoms with Crippen LogP contribution in [0.4, 0.5) is 0 Å². The molecule has 15 heavy (non-hydrogen) atoms. The van der Waals surface area contributed by atoms with Crippen molar-refractivity contribution in [3.63, 3.8) is 0 Å². The molecule has 1 fully saturated rings. The first-order valence-electron chi connectivity index (χ1n) is 5.91. The van der Waals surface area contributed by atoms with E-state index in [-0.39, 0.29) is 0 Å². The maximum absolute atomic E-state index is 9.34. The highest BCUT2D eigenvalue weighted by molar-refractivity contribution is 5.15. The number of nitriles is 1. The summed E-state index contributed by atoms with van der Waals surface area (Å²) in [5.41, 5.74) is -0.441. The van der Waals surface area contributed by atoms with Crippen molar-refractivity contribution in [2.45, 2.75) is 51.6 Å². The average Bonchev–Trinajstić information content (AvgIpc) is 2.99. The van der Waals surface area contributed by atoms with E-state index in [4.69, 9.17) is 4.74 Å². The first-order valence-corrected chi connectivity index (χ1v) is 5.91. The van der Waals surface area contributed by atoms with E-state index in [1.807, 2.05) is 0 Å². The molecule has 0 spiro atoms. The van der Waals surface area contributed by atoms with Crippen molar-refractivity contribution < 1.29 is 4.74 Å². The van der Waals surface area contributed by atoms with Gasteiger partial charge in [-0.1, -0.05) is 6.92 Å². The van der Waals surface area contributed by atoms with Crippen LogP contribution in [0.2, 0.25) is 0 Å². The number of ether oxygens (including phenoxy) is 1. The summed E-state index contributed by atoms with van der Waals surface area (Å²) in [6, 6.07) is 2.76. The smallest absolute Gasteiger partial charge is 0.133 e. The van der Waals surface area contributed by atoms with E-state index in [1.54, 1.807) is 0 Å². The third-order valence-corrected chi connectivity index (χ3v) is 2.70. The second kappa shape index (κ2) is 5.48. The van der Waals surface area contributed by atoms with Gasteiger partial charge in [0.15, 0.2) is 0 Å². The minimum absolute atomic E-state index is 0.329. The standard InChI is InChI=1S/C12H22N2O/c1-4-7-15-9-12(8-13,11-5-6-11)14-10(2)3/h10-11,14H,4-7,9H2,1-3H3. The van der Waals surface area contributed by atoms with E-state index < -0.39 is 5.54 Å². The summed E-state index contributed by atoms with van der Waals surface area (Å²) in [7, 11) is 0.